The molecule has 0 aliphatic carbocycles. The average Bonchev–Trinajstić information content (AvgIpc) is 2.29. The summed E-state index contributed by atoms with van der Waals surface area (Å²) in [6, 6.07) is 3.84. The summed E-state index contributed by atoms with van der Waals surface area (Å²) in [5.41, 5.74) is 0.143. The second kappa shape index (κ2) is 5.56. The number of hydrogen-bond acceptors (Lipinski definition) is 2. The summed E-state index contributed by atoms with van der Waals surface area (Å²) in [5, 5.41) is 12.6. The number of aliphatic hydroxyl groups excluding tert-OH is 1. The van der Waals surface area contributed by atoms with E-state index in [4.69, 9.17) is 0 Å². The van der Waals surface area contributed by atoms with Crippen LogP contribution in [0.1, 0.15) is 32.8 Å². The van der Waals surface area contributed by atoms with Crippen molar-refractivity contribution in [2.75, 3.05) is 6.54 Å². The van der Waals surface area contributed by atoms with Gasteiger partial charge in [0.25, 0.3) is 0 Å². The van der Waals surface area contributed by atoms with E-state index in [1.54, 1.807) is 6.07 Å². The Morgan fingerprint density at radius 1 is 1.29 bits per heavy atom. The third kappa shape index (κ3) is 3.75. The van der Waals surface area contributed by atoms with Gasteiger partial charge in [0, 0.05) is 12.1 Å². The molecule has 0 saturated heterocycles. The maximum atomic E-state index is 13.1. The minimum Gasteiger partial charge on any atom is -0.392 e. The van der Waals surface area contributed by atoms with Gasteiger partial charge >= 0.3 is 0 Å². The molecule has 0 fully saturated rings. The molecule has 0 heterocycles. The molecule has 0 amide bonds. The van der Waals surface area contributed by atoms with Crippen LogP contribution in [0.3, 0.4) is 0 Å². The first-order valence-corrected chi connectivity index (χ1v) is 5.75. The van der Waals surface area contributed by atoms with Crippen LogP contribution in [0, 0.1) is 11.6 Å². The monoisotopic (exact) mass is 243 g/mol. The predicted octanol–water partition coefficient (Wildman–Crippen LogP) is 2.56. The van der Waals surface area contributed by atoms with Crippen LogP contribution in [0.15, 0.2) is 18.2 Å². The van der Waals surface area contributed by atoms with Gasteiger partial charge in [0.05, 0.1) is 6.10 Å². The van der Waals surface area contributed by atoms with Gasteiger partial charge in [0.2, 0.25) is 0 Å². The van der Waals surface area contributed by atoms with Gasteiger partial charge in [-0.05, 0) is 38.0 Å². The molecule has 0 radical (unpaired) electrons. The smallest absolute Gasteiger partial charge is 0.159 e. The summed E-state index contributed by atoms with van der Waals surface area (Å²) >= 11 is 0. The van der Waals surface area contributed by atoms with E-state index < -0.39 is 23.3 Å². The minimum absolute atomic E-state index is 0.419. The standard InChI is InChI=1S/C13H19F2NO/c1-4-10(17)8-16-13(2,3)9-5-6-11(14)12(15)7-9/h5-7,10,16-17H,4,8H2,1-3H3/t10-/m1/s1. The fraction of sp³-hybridized carbons (Fsp3) is 0.538. The molecule has 1 aromatic rings. The van der Waals surface area contributed by atoms with Crippen molar-refractivity contribution < 1.29 is 13.9 Å². The molecule has 0 unspecified atom stereocenters. The lowest BCUT2D eigenvalue weighted by Crippen LogP contribution is -2.41. The Balaban J connectivity index is 2.78. The van der Waals surface area contributed by atoms with Crippen LogP contribution >= 0.6 is 0 Å². The van der Waals surface area contributed by atoms with Gasteiger partial charge in [-0.3, -0.25) is 0 Å². The second-order valence-electron chi connectivity index (χ2n) is 4.70. The second-order valence-corrected chi connectivity index (χ2v) is 4.70. The zero-order valence-corrected chi connectivity index (χ0v) is 10.4. The van der Waals surface area contributed by atoms with Crippen molar-refractivity contribution in [1.82, 2.24) is 5.32 Å². The Labute approximate surface area is 101 Å². The van der Waals surface area contributed by atoms with Crippen molar-refractivity contribution in [3.8, 4) is 0 Å². The molecule has 0 aromatic heterocycles. The van der Waals surface area contributed by atoms with Crippen LogP contribution in [0.2, 0.25) is 0 Å². The molecular formula is C13H19F2NO. The molecule has 1 atom stereocenters. The van der Waals surface area contributed by atoms with Crippen molar-refractivity contribution in [3.05, 3.63) is 35.4 Å². The SMILES string of the molecule is CC[C@@H](O)CNC(C)(C)c1ccc(F)c(F)c1. The summed E-state index contributed by atoms with van der Waals surface area (Å²) in [7, 11) is 0. The van der Waals surface area contributed by atoms with E-state index >= 15 is 0 Å². The lowest BCUT2D eigenvalue weighted by atomic mass is 9.94. The van der Waals surface area contributed by atoms with E-state index in [1.807, 2.05) is 20.8 Å². The molecule has 96 valence electrons. The van der Waals surface area contributed by atoms with Gasteiger partial charge in [-0.15, -0.1) is 0 Å². The molecule has 1 rings (SSSR count). The highest BCUT2D eigenvalue weighted by atomic mass is 19.2. The number of nitrogens with one attached hydrogen (secondary N) is 1. The summed E-state index contributed by atoms with van der Waals surface area (Å²) in [6.07, 6.45) is 0.223. The van der Waals surface area contributed by atoms with Crippen LogP contribution in [0.4, 0.5) is 8.78 Å². The summed E-state index contributed by atoms with van der Waals surface area (Å²) in [4.78, 5) is 0. The van der Waals surface area contributed by atoms with Crippen molar-refractivity contribution in [2.24, 2.45) is 0 Å². The van der Waals surface area contributed by atoms with Crippen molar-refractivity contribution >= 4 is 0 Å². The van der Waals surface area contributed by atoms with Gasteiger partial charge in [-0.2, -0.15) is 0 Å². The molecule has 0 aliphatic rings. The van der Waals surface area contributed by atoms with E-state index in [0.29, 0.717) is 18.5 Å². The van der Waals surface area contributed by atoms with Crippen LogP contribution in [-0.4, -0.2) is 17.8 Å². The van der Waals surface area contributed by atoms with E-state index in [-0.39, 0.29) is 0 Å². The van der Waals surface area contributed by atoms with Gasteiger partial charge in [0.1, 0.15) is 0 Å². The largest absolute Gasteiger partial charge is 0.392 e. The van der Waals surface area contributed by atoms with Crippen LogP contribution in [0.25, 0.3) is 0 Å². The highest BCUT2D eigenvalue weighted by molar-refractivity contribution is 5.24. The number of benzene rings is 1. The quantitative estimate of drug-likeness (QED) is 0.833. The maximum absolute atomic E-state index is 13.1. The lowest BCUT2D eigenvalue weighted by molar-refractivity contribution is 0.154. The van der Waals surface area contributed by atoms with Crippen LogP contribution in [-0.2, 0) is 5.54 Å². The molecule has 17 heavy (non-hydrogen) atoms. The van der Waals surface area contributed by atoms with Gasteiger partial charge < -0.3 is 10.4 Å². The van der Waals surface area contributed by atoms with Gasteiger partial charge in [0.15, 0.2) is 11.6 Å². The maximum Gasteiger partial charge on any atom is 0.159 e. The molecule has 0 bridgehead atoms. The predicted molar refractivity (Wildman–Crippen MR) is 63.7 cm³/mol. The Kier molecular flexibility index (Phi) is 4.60. The normalized spacial score (nSPS) is 13.8. The van der Waals surface area contributed by atoms with Crippen molar-refractivity contribution in [1.29, 1.82) is 0 Å². The highest BCUT2D eigenvalue weighted by Crippen LogP contribution is 2.21. The minimum atomic E-state index is -0.853. The van der Waals surface area contributed by atoms with Crippen molar-refractivity contribution in [3.63, 3.8) is 0 Å². The summed E-state index contributed by atoms with van der Waals surface area (Å²) < 4.78 is 25.9. The number of rotatable bonds is 5. The summed E-state index contributed by atoms with van der Waals surface area (Å²) in [6.45, 7) is 6.03. The van der Waals surface area contributed by atoms with E-state index in [1.165, 1.54) is 6.07 Å². The van der Waals surface area contributed by atoms with Crippen LogP contribution in [0.5, 0.6) is 0 Å². The number of aliphatic hydroxyl groups is 1. The molecule has 0 aliphatic heterocycles. The number of hydrogen-bond donors (Lipinski definition) is 2. The Morgan fingerprint density at radius 3 is 2.47 bits per heavy atom. The van der Waals surface area contributed by atoms with Crippen LogP contribution < -0.4 is 5.32 Å². The third-order valence-electron chi connectivity index (χ3n) is 2.89. The number of halogens is 2. The molecule has 0 saturated carbocycles. The van der Waals surface area contributed by atoms with Gasteiger partial charge in [-0.25, -0.2) is 8.78 Å². The fourth-order valence-corrected chi connectivity index (χ4v) is 1.50. The molecule has 2 N–H and O–H groups in total. The molecule has 2 nitrogen and oxygen atoms in total. The Morgan fingerprint density at radius 2 is 1.94 bits per heavy atom. The Hall–Kier alpha value is -1.00. The van der Waals surface area contributed by atoms with E-state index in [2.05, 4.69) is 5.32 Å². The zero-order chi connectivity index (χ0) is 13.1. The highest BCUT2D eigenvalue weighted by Gasteiger charge is 2.21. The Bertz CT molecular complexity index is 380. The molecule has 1 aromatic carbocycles. The molecule has 0 spiro atoms. The first kappa shape index (κ1) is 14.1. The van der Waals surface area contributed by atoms with Gasteiger partial charge in [-0.1, -0.05) is 13.0 Å². The third-order valence-corrected chi connectivity index (χ3v) is 2.89. The van der Waals surface area contributed by atoms with E-state index in [0.717, 1.165) is 6.07 Å². The molecule has 4 heteroatoms. The lowest BCUT2D eigenvalue weighted by Gasteiger charge is -2.28. The van der Waals surface area contributed by atoms with Crippen molar-refractivity contribution in [2.45, 2.75) is 38.8 Å². The van der Waals surface area contributed by atoms with E-state index in [9.17, 15) is 13.9 Å². The average molecular weight is 243 g/mol. The first-order chi connectivity index (χ1) is 7.86. The topological polar surface area (TPSA) is 32.3 Å². The molecular weight excluding hydrogens is 224 g/mol. The first-order valence-electron chi connectivity index (χ1n) is 5.75. The summed E-state index contributed by atoms with van der Waals surface area (Å²) in [5.74, 6) is -1.70. The fourth-order valence-electron chi connectivity index (χ4n) is 1.50. The zero-order valence-electron chi connectivity index (χ0n) is 10.4.